The number of nitrogens with zero attached hydrogens (tertiary/aromatic N) is 2. The molecule has 1 aromatic heterocycles. The highest BCUT2D eigenvalue weighted by molar-refractivity contribution is 7.41. The van der Waals surface area contributed by atoms with E-state index >= 15 is 0 Å². The molecule has 0 bridgehead atoms. The number of anilines is 1. The van der Waals surface area contributed by atoms with Crippen molar-refractivity contribution < 1.29 is 32.9 Å². The lowest BCUT2D eigenvalue weighted by Crippen LogP contribution is -2.28. The number of hydrogen-bond donors (Lipinski definition) is 1. The maximum atomic E-state index is 12.4. The number of hydrogen-bond acceptors (Lipinski definition) is 9. The summed E-state index contributed by atoms with van der Waals surface area (Å²) >= 11 is 0. The number of amides is 1. The van der Waals surface area contributed by atoms with E-state index in [1.54, 1.807) is 6.08 Å². The van der Waals surface area contributed by atoms with Crippen molar-refractivity contribution in [1.29, 1.82) is 0 Å². The molecule has 2 rings (SSSR count). The fourth-order valence-electron chi connectivity index (χ4n) is 2.71. The lowest BCUT2D eigenvalue weighted by atomic mass is 10.2. The van der Waals surface area contributed by atoms with Gasteiger partial charge in [-0.05, 0) is 24.5 Å². The van der Waals surface area contributed by atoms with Gasteiger partial charge >= 0.3 is 20.4 Å². The fourth-order valence-corrected chi connectivity index (χ4v) is 3.52. The molecule has 12 heteroatoms. The topological polar surface area (TPSA) is 119 Å². The number of unbranched alkanes of at least 4 members (excludes halogenated alkanes) is 1. The number of rotatable bonds is 18. The number of ether oxygens (including phenoxy) is 2. The van der Waals surface area contributed by atoms with Crippen LogP contribution in [0.3, 0.4) is 0 Å². The molecule has 0 saturated heterocycles. The lowest BCUT2D eigenvalue weighted by molar-refractivity contribution is -0.235. The Kier molecular flexibility index (Phi) is 14.6. The third kappa shape index (κ3) is 11.9. The SMILES string of the molecule is C=CCOP(OCCCC)OOCC(CCn1ccc(NC(=O)OCc2ccccc2)nc1=O)OC. The molecule has 0 aliphatic heterocycles. The summed E-state index contributed by atoms with van der Waals surface area (Å²) in [5, 5.41) is 2.45. The van der Waals surface area contributed by atoms with Gasteiger partial charge in [-0.2, -0.15) is 9.66 Å². The Bertz CT molecular complexity index is 960. The number of benzene rings is 1. The van der Waals surface area contributed by atoms with E-state index in [1.165, 1.54) is 23.9 Å². The first-order valence-electron chi connectivity index (χ1n) is 11.6. The molecule has 1 N–H and O–H groups in total. The van der Waals surface area contributed by atoms with Crippen LogP contribution in [0, 0.1) is 0 Å². The highest BCUT2D eigenvalue weighted by Crippen LogP contribution is 2.40. The van der Waals surface area contributed by atoms with E-state index in [-0.39, 0.29) is 31.7 Å². The molecule has 1 aromatic carbocycles. The second-order valence-electron chi connectivity index (χ2n) is 7.48. The van der Waals surface area contributed by atoms with Crippen molar-refractivity contribution in [3.63, 3.8) is 0 Å². The summed E-state index contributed by atoms with van der Waals surface area (Å²) in [6.45, 7) is 6.99. The Labute approximate surface area is 212 Å². The van der Waals surface area contributed by atoms with Gasteiger partial charge < -0.3 is 18.5 Å². The van der Waals surface area contributed by atoms with Crippen LogP contribution in [-0.4, -0.2) is 48.7 Å². The summed E-state index contributed by atoms with van der Waals surface area (Å²) < 4.78 is 28.2. The number of methoxy groups -OCH3 is 1. The van der Waals surface area contributed by atoms with Crippen LogP contribution in [0.5, 0.6) is 0 Å². The Morgan fingerprint density at radius 1 is 1.25 bits per heavy atom. The molecule has 0 aliphatic carbocycles. The van der Waals surface area contributed by atoms with E-state index in [0.29, 0.717) is 19.6 Å². The van der Waals surface area contributed by atoms with Gasteiger partial charge in [0.25, 0.3) is 0 Å². The van der Waals surface area contributed by atoms with E-state index in [1.807, 2.05) is 30.3 Å². The zero-order valence-electron chi connectivity index (χ0n) is 20.7. The summed E-state index contributed by atoms with van der Waals surface area (Å²) in [4.78, 5) is 33.5. The summed E-state index contributed by atoms with van der Waals surface area (Å²) in [6, 6.07) is 10.8. The van der Waals surface area contributed by atoms with Crippen LogP contribution in [0.1, 0.15) is 31.7 Å². The third-order valence-corrected chi connectivity index (χ3v) is 5.68. The molecule has 0 saturated carbocycles. The number of aryl methyl sites for hydroxylation is 1. The first-order chi connectivity index (χ1) is 17.5. The number of aromatic nitrogens is 2. The van der Waals surface area contributed by atoms with E-state index in [9.17, 15) is 9.59 Å². The molecule has 1 heterocycles. The van der Waals surface area contributed by atoms with Gasteiger partial charge in [0, 0.05) is 19.9 Å². The molecular formula is C24H34N3O8P. The van der Waals surface area contributed by atoms with Crippen LogP contribution in [0.25, 0.3) is 0 Å². The van der Waals surface area contributed by atoms with Gasteiger partial charge in [0.15, 0.2) is 0 Å². The normalized spacial score (nSPS) is 12.6. The minimum absolute atomic E-state index is 0.102. The Morgan fingerprint density at radius 3 is 2.75 bits per heavy atom. The van der Waals surface area contributed by atoms with Gasteiger partial charge in [0.2, 0.25) is 0 Å². The van der Waals surface area contributed by atoms with Gasteiger partial charge in [0.1, 0.15) is 19.0 Å². The van der Waals surface area contributed by atoms with Gasteiger partial charge in [-0.3, -0.25) is 9.88 Å². The zero-order valence-corrected chi connectivity index (χ0v) is 21.6. The highest BCUT2D eigenvalue weighted by Gasteiger charge is 2.16. The molecule has 0 spiro atoms. The largest absolute Gasteiger partial charge is 0.444 e. The standard InChI is InChI=1S/C24H34N3O8P/c1-4-6-17-34-36(33-16-5-2)35-32-19-21(30-3)12-14-27-15-13-22(25-23(27)28)26-24(29)31-18-20-10-8-7-9-11-20/h5,7-11,13,15,21H,2,4,6,12,14,16-19H2,1,3H3,(H,25,26,28,29). The second kappa shape index (κ2) is 17.7. The molecule has 1 amide bonds. The molecule has 2 unspecified atom stereocenters. The zero-order chi connectivity index (χ0) is 26.0. The van der Waals surface area contributed by atoms with E-state index < -0.39 is 20.4 Å². The van der Waals surface area contributed by atoms with Crippen LogP contribution in [0.15, 0.2) is 60.0 Å². The first-order valence-corrected chi connectivity index (χ1v) is 12.7. The van der Waals surface area contributed by atoms with Crippen LogP contribution in [0.2, 0.25) is 0 Å². The van der Waals surface area contributed by atoms with Gasteiger partial charge in [-0.25, -0.2) is 14.5 Å². The van der Waals surface area contributed by atoms with Crippen LogP contribution in [-0.2, 0) is 41.2 Å². The molecule has 0 aliphatic rings. The number of carbonyl (C=O) groups excluding carboxylic acids is 1. The first kappa shape index (κ1) is 29.6. The van der Waals surface area contributed by atoms with Crippen molar-refractivity contribution in [3.8, 4) is 0 Å². The third-order valence-electron chi connectivity index (χ3n) is 4.70. The highest BCUT2D eigenvalue weighted by atomic mass is 31.2. The molecule has 198 valence electrons. The maximum Gasteiger partial charge on any atom is 0.413 e. The Morgan fingerprint density at radius 2 is 2.06 bits per heavy atom. The molecule has 2 aromatic rings. The summed E-state index contributed by atoms with van der Waals surface area (Å²) in [5.74, 6) is 0.102. The van der Waals surface area contributed by atoms with Crippen LogP contribution < -0.4 is 11.0 Å². The lowest BCUT2D eigenvalue weighted by Gasteiger charge is -2.18. The second-order valence-corrected chi connectivity index (χ2v) is 8.59. The van der Waals surface area contributed by atoms with Crippen molar-refractivity contribution in [2.45, 2.75) is 45.4 Å². The van der Waals surface area contributed by atoms with Crippen molar-refractivity contribution in [3.05, 3.63) is 71.3 Å². The molecule has 0 radical (unpaired) electrons. The molecule has 36 heavy (non-hydrogen) atoms. The molecule has 11 nitrogen and oxygen atoms in total. The molecule has 0 fully saturated rings. The van der Waals surface area contributed by atoms with Crippen LogP contribution >= 0.6 is 8.60 Å². The summed E-state index contributed by atoms with van der Waals surface area (Å²) in [5.41, 5.74) is 0.330. The quantitative estimate of drug-likeness (QED) is 0.0983. The van der Waals surface area contributed by atoms with Crippen molar-refractivity contribution >= 4 is 20.5 Å². The summed E-state index contributed by atoms with van der Waals surface area (Å²) in [7, 11) is -0.119. The van der Waals surface area contributed by atoms with Crippen molar-refractivity contribution in [1.82, 2.24) is 9.55 Å². The Balaban J connectivity index is 1.76. The average molecular weight is 524 g/mol. The Hall–Kier alpha value is -2.66. The van der Waals surface area contributed by atoms with E-state index in [2.05, 4.69) is 23.8 Å². The fraction of sp³-hybridized carbons (Fsp3) is 0.458. The monoisotopic (exact) mass is 523 g/mol. The molecular weight excluding hydrogens is 489 g/mol. The van der Waals surface area contributed by atoms with Gasteiger partial charge in [0.05, 0.1) is 19.3 Å². The van der Waals surface area contributed by atoms with Crippen LogP contribution in [0.4, 0.5) is 10.6 Å². The maximum absolute atomic E-state index is 12.4. The van der Waals surface area contributed by atoms with E-state index in [4.69, 9.17) is 28.1 Å². The smallest absolute Gasteiger partial charge is 0.413 e. The van der Waals surface area contributed by atoms with Crippen molar-refractivity contribution in [2.75, 3.05) is 32.2 Å². The average Bonchev–Trinajstić information content (AvgIpc) is 2.89. The minimum atomic E-state index is -1.66. The van der Waals surface area contributed by atoms with Gasteiger partial charge in [-0.1, -0.05) is 49.8 Å². The predicted octanol–water partition coefficient (Wildman–Crippen LogP) is 4.59. The van der Waals surface area contributed by atoms with E-state index in [0.717, 1.165) is 18.4 Å². The van der Waals surface area contributed by atoms with Gasteiger partial charge in [-0.15, -0.1) is 6.58 Å². The number of carbonyl (C=O) groups is 1. The van der Waals surface area contributed by atoms with Crippen molar-refractivity contribution in [2.24, 2.45) is 0 Å². The minimum Gasteiger partial charge on any atom is -0.444 e. The summed E-state index contributed by atoms with van der Waals surface area (Å²) in [6.07, 6.45) is 4.41. The number of nitrogens with one attached hydrogen (secondary N) is 1. The predicted molar refractivity (Wildman–Crippen MR) is 135 cm³/mol. The molecule has 2 atom stereocenters.